The van der Waals surface area contributed by atoms with E-state index >= 15 is 0 Å². The van der Waals surface area contributed by atoms with Gasteiger partial charge in [0.15, 0.2) is 11.6 Å². The van der Waals surface area contributed by atoms with Gasteiger partial charge in [0.05, 0.1) is 39.9 Å². The van der Waals surface area contributed by atoms with Crippen molar-refractivity contribution in [2.45, 2.75) is 25.0 Å². The normalized spacial score (nSPS) is 11.0. The van der Waals surface area contributed by atoms with Crippen LogP contribution in [0, 0.1) is 0 Å². The number of nitrogens with one attached hydrogen (secondary N) is 3. The fourth-order valence-corrected chi connectivity index (χ4v) is 6.87. The van der Waals surface area contributed by atoms with Crippen molar-refractivity contribution in [2.24, 2.45) is 12.8 Å². The lowest BCUT2D eigenvalue weighted by molar-refractivity contribution is -0.129. The minimum absolute atomic E-state index is 0.149. The standard InChI is InChI=1S/C34H42N10O7S2/c1-34(2,19-50-21-45)53-52-15-14-51-33(48)43(3)13-7-12-36-32(47)22-10-11-27(37-17-22)41-28-16-26(24(18-38-28)30(35)46)40-25-9-6-8-23(29(25)49-5)31-39-20-44(4)42-31/h6,8-11,16-18,20-21H,7,12-15,19H2,1-5H3,(H2,35,46)(H,36,47)(H2,37,38,40,41). The average Bonchev–Trinajstić information content (AvgIpc) is 3.58. The Morgan fingerprint density at radius 2 is 1.85 bits per heavy atom. The highest BCUT2D eigenvalue weighted by Crippen LogP contribution is 2.38. The Bertz CT molecular complexity index is 1870. The molecule has 0 aliphatic rings. The highest BCUT2D eigenvalue weighted by molar-refractivity contribution is 8.77. The third-order valence-electron chi connectivity index (χ3n) is 7.22. The van der Waals surface area contributed by atoms with Crippen molar-refractivity contribution in [1.29, 1.82) is 0 Å². The molecule has 0 radical (unpaired) electrons. The zero-order valence-corrected chi connectivity index (χ0v) is 31.6. The number of anilines is 4. The summed E-state index contributed by atoms with van der Waals surface area (Å²) in [5.41, 5.74) is 7.70. The Balaban J connectivity index is 1.26. The third-order valence-corrected chi connectivity index (χ3v) is 10.5. The molecule has 4 rings (SSSR count). The molecule has 19 heteroatoms. The van der Waals surface area contributed by atoms with Gasteiger partial charge in [-0.2, -0.15) is 5.10 Å². The smallest absolute Gasteiger partial charge is 0.409 e. The number of rotatable bonds is 20. The first-order valence-corrected chi connectivity index (χ1v) is 18.6. The number of carbonyl (C=O) groups is 4. The van der Waals surface area contributed by atoms with E-state index in [9.17, 15) is 19.2 Å². The third kappa shape index (κ3) is 12.0. The van der Waals surface area contributed by atoms with Crippen LogP contribution in [0.15, 0.2) is 55.1 Å². The number of nitrogens with zero attached hydrogens (tertiary/aromatic N) is 6. The van der Waals surface area contributed by atoms with E-state index in [1.165, 1.54) is 35.2 Å². The highest BCUT2D eigenvalue weighted by atomic mass is 33.1. The minimum atomic E-state index is -0.682. The molecule has 0 saturated heterocycles. The maximum atomic E-state index is 12.7. The minimum Gasteiger partial charge on any atom is -0.494 e. The van der Waals surface area contributed by atoms with Crippen LogP contribution in [0.1, 0.15) is 41.0 Å². The molecule has 3 aromatic heterocycles. The Kier molecular flexibility index (Phi) is 14.7. The van der Waals surface area contributed by atoms with Gasteiger partial charge in [-0.1, -0.05) is 27.7 Å². The van der Waals surface area contributed by atoms with E-state index in [2.05, 4.69) is 36.0 Å². The van der Waals surface area contributed by atoms with Gasteiger partial charge >= 0.3 is 6.09 Å². The second-order valence-electron chi connectivity index (χ2n) is 12.0. The highest BCUT2D eigenvalue weighted by Gasteiger charge is 2.21. The predicted molar refractivity (Wildman–Crippen MR) is 204 cm³/mol. The Morgan fingerprint density at radius 3 is 2.53 bits per heavy atom. The topological polar surface area (TPSA) is 218 Å². The Labute approximate surface area is 314 Å². The van der Waals surface area contributed by atoms with Crippen molar-refractivity contribution in [3.8, 4) is 17.1 Å². The van der Waals surface area contributed by atoms with E-state index in [1.54, 1.807) is 66.2 Å². The molecule has 3 heterocycles. The summed E-state index contributed by atoms with van der Waals surface area (Å²) in [5, 5.41) is 13.5. The second-order valence-corrected chi connectivity index (χ2v) is 15.1. The lowest BCUT2D eigenvalue weighted by Gasteiger charge is -2.21. The molecule has 3 amide bonds. The summed E-state index contributed by atoms with van der Waals surface area (Å²) in [6.07, 6.45) is 4.41. The number of aryl methyl sites for hydroxylation is 1. The molecule has 4 aromatic rings. The van der Waals surface area contributed by atoms with Crippen LogP contribution in [0.25, 0.3) is 11.4 Å². The fourth-order valence-electron chi connectivity index (χ4n) is 4.64. The van der Waals surface area contributed by atoms with E-state index in [0.29, 0.717) is 84.1 Å². The number of hydrogen-bond donors (Lipinski definition) is 4. The van der Waals surface area contributed by atoms with Crippen LogP contribution in [0.5, 0.6) is 5.75 Å². The van der Waals surface area contributed by atoms with Crippen molar-refractivity contribution in [3.05, 3.63) is 66.2 Å². The molecule has 0 spiro atoms. The van der Waals surface area contributed by atoms with Gasteiger partial charge in [-0.15, -0.1) is 0 Å². The lowest BCUT2D eigenvalue weighted by Crippen LogP contribution is -2.32. The molecule has 1 aromatic carbocycles. The number of carbonyl (C=O) groups excluding carboxylic acids is 4. The van der Waals surface area contributed by atoms with E-state index in [4.69, 9.17) is 19.9 Å². The monoisotopic (exact) mass is 766 g/mol. The number of nitrogens with two attached hydrogens (primary N) is 1. The van der Waals surface area contributed by atoms with Gasteiger partial charge in [-0.3, -0.25) is 19.1 Å². The van der Waals surface area contributed by atoms with Crippen molar-refractivity contribution in [2.75, 3.05) is 56.8 Å². The van der Waals surface area contributed by atoms with Gasteiger partial charge in [-0.25, -0.2) is 19.7 Å². The number of amides is 3. The number of para-hydroxylation sites is 1. The number of benzene rings is 1. The molecule has 17 nitrogen and oxygen atoms in total. The summed E-state index contributed by atoms with van der Waals surface area (Å²) in [5.74, 6) is 1.27. The zero-order valence-electron chi connectivity index (χ0n) is 30.0. The predicted octanol–water partition coefficient (Wildman–Crippen LogP) is 4.39. The van der Waals surface area contributed by atoms with Gasteiger partial charge < -0.3 is 40.8 Å². The molecular formula is C34H42N10O7S2. The second kappa shape index (κ2) is 19.3. The van der Waals surface area contributed by atoms with Gasteiger partial charge in [0, 0.05) is 51.4 Å². The first-order chi connectivity index (χ1) is 25.4. The molecule has 0 atom stereocenters. The number of methoxy groups -OCH3 is 1. The van der Waals surface area contributed by atoms with Gasteiger partial charge in [0.1, 0.15) is 31.2 Å². The average molecular weight is 767 g/mol. The molecule has 0 unspecified atom stereocenters. The SMILES string of the molecule is COc1c(Nc2cc(Nc3ccc(C(=O)NCCCN(C)C(=O)OCCSSC(C)(C)COC=O)cn3)ncc2C(N)=O)cccc1-c1ncn(C)n1. The van der Waals surface area contributed by atoms with E-state index in [-0.39, 0.29) is 22.8 Å². The Hall–Kier alpha value is -5.56. The van der Waals surface area contributed by atoms with Gasteiger partial charge in [0.25, 0.3) is 18.3 Å². The maximum Gasteiger partial charge on any atom is 0.409 e. The van der Waals surface area contributed by atoms with Crippen LogP contribution in [0.4, 0.5) is 27.8 Å². The summed E-state index contributed by atoms with van der Waals surface area (Å²) in [6.45, 7) is 5.59. The van der Waals surface area contributed by atoms with Gasteiger partial charge in [-0.05, 0) is 44.5 Å². The summed E-state index contributed by atoms with van der Waals surface area (Å²) in [7, 11) is 8.01. The number of pyridine rings is 2. The number of primary amides is 1. The first kappa shape index (κ1) is 40.2. The molecule has 0 saturated carbocycles. The molecule has 0 aliphatic heterocycles. The molecule has 0 bridgehead atoms. The quantitative estimate of drug-likeness (QED) is 0.0557. The molecule has 5 N–H and O–H groups in total. The van der Waals surface area contributed by atoms with Gasteiger partial charge in [0.2, 0.25) is 0 Å². The summed E-state index contributed by atoms with van der Waals surface area (Å²) in [6, 6.07) is 10.3. The van der Waals surface area contributed by atoms with Crippen molar-refractivity contribution >= 4 is 69.0 Å². The molecular weight excluding hydrogens is 725 g/mol. The van der Waals surface area contributed by atoms with E-state index in [1.807, 2.05) is 19.9 Å². The first-order valence-electron chi connectivity index (χ1n) is 16.3. The number of ether oxygens (including phenoxy) is 3. The van der Waals surface area contributed by atoms with Crippen molar-refractivity contribution < 1.29 is 33.4 Å². The van der Waals surface area contributed by atoms with Crippen LogP contribution in [-0.4, -0.2) is 105 Å². The van der Waals surface area contributed by atoms with Crippen LogP contribution in [0.2, 0.25) is 0 Å². The van der Waals surface area contributed by atoms with Crippen LogP contribution < -0.4 is 26.4 Å². The molecule has 53 heavy (non-hydrogen) atoms. The largest absolute Gasteiger partial charge is 0.494 e. The zero-order chi connectivity index (χ0) is 38.4. The van der Waals surface area contributed by atoms with Crippen LogP contribution in [-0.2, 0) is 21.3 Å². The van der Waals surface area contributed by atoms with Crippen LogP contribution >= 0.6 is 21.6 Å². The number of hydrogen-bond acceptors (Lipinski definition) is 15. The summed E-state index contributed by atoms with van der Waals surface area (Å²) < 4.78 is 17.1. The van der Waals surface area contributed by atoms with Crippen molar-refractivity contribution in [3.63, 3.8) is 0 Å². The maximum absolute atomic E-state index is 12.7. The number of aromatic nitrogens is 5. The lowest BCUT2D eigenvalue weighted by atomic mass is 10.1. The molecule has 282 valence electrons. The summed E-state index contributed by atoms with van der Waals surface area (Å²) in [4.78, 5) is 62.1. The molecule has 0 aliphatic carbocycles. The van der Waals surface area contributed by atoms with Crippen molar-refractivity contribution in [1.82, 2.24) is 34.9 Å². The molecule has 0 fully saturated rings. The summed E-state index contributed by atoms with van der Waals surface area (Å²) >= 11 is 0. The fraction of sp³-hybridized carbons (Fsp3) is 0.353. The van der Waals surface area contributed by atoms with E-state index < -0.39 is 12.0 Å². The van der Waals surface area contributed by atoms with E-state index in [0.717, 1.165) is 0 Å². The Morgan fingerprint density at radius 1 is 1.06 bits per heavy atom. The van der Waals surface area contributed by atoms with Crippen LogP contribution in [0.3, 0.4) is 0 Å².